The van der Waals surface area contributed by atoms with E-state index in [-0.39, 0.29) is 17.4 Å². The highest BCUT2D eigenvalue weighted by Gasteiger charge is 2.45. The Morgan fingerprint density at radius 1 is 1.62 bits per heavy atom. The Balaban J connectivity index is 1.95. The number of carbonyl (C=O) groups excluding carboxylic acids is 1. The molecule has 4 nitrogen and oxygen atoms in total. The van der Waals surface area contributed by atoms with Crippen molar-refractivity contribution in [2.24, 2.45) is 17.1 Å². The van der Waals surface area contributed by atoms with E-state index >= 15 is 0 Å². The van der Waals surface area contributed by atoms with E-state index < -0.39 is 0 Å². The SMILES string of the molecule is C[C@H](N)C(=O)N1CC[C@@]2(CC[C@H](CO)C2)C1. The van der Waals surface area contributed by atoms with Gasteiger partial charge in [0.1, 0.15) is 0 Å². The zero-order valence-electron chi connectivity index (χ0n) is 9.98. The maximum atomic E-state index is 11.8. The van der Waals surface area contributed by atoms with Gasteiger partial charge in [-0.1, -0.05) is 0 Å². The molecule has 0 aromatic rings. The van der Waals surface area contributed by atoms with Gasteiger partial charge in [0.25, 0.3) is 0 Å². The van der Waals surface area contributed by atoms with Crippen molar-refractivity contribution in [2.45, 2.75) is 38.6 Å². The molecule has 0 radical (unpaired) electrons. The topological polar surface area (TPSA) is 66.6 Å². The Hall–Kier alpha value is -0.610. The van der Waals surface area contributed by atoms with Crippen molar-refractivity contribution in [2.75, 3.05) is 19.7 Å². The van der Waals surface area contributed by atoms with Crippen molar-refractivity contribution in [1.29, 1.82) is 0 Å². The molecule has 1 heterocycles. The predicted octanol–water partition coefficient (Wildman–Crippen LogP) is 0.345. The molecule has 0 aromatic heterocycles. The third-order valence-electron chi connectivity index (χ3n) is 4.20. The average Bonchev–Trinajstić information content (AvgIpc) is 2.85. The molecular formula is C12H22N2O2. The summed E-state index contributed by atoms with van der Waals surface area (Å²) >= 11 is 0. The summed E-state index contributed by atoms with van der Waals surface area (Å²) in [5.74, 6) is 0.523. The fourth-order valence-electron chi connectivity index (χ4n) is 3.26. The number of aliphatic hydroxyl groups is 1. The highest BCUT2D eigenvalue weighted by atomic mass is 16.3. The van der Waals surface area contributed by atoms with Crippen LogP contribution in [0.1, 0.15) is 32.6 Å². The van der Waals surface area contributed by atoms with Crippen LogP contribution in [0.2, 0.25) is 0 Å². The van der Waals surface area contributed by atoms with Crippen LogP contribution in [0.25, 0.3) is 0 Å². The Morgan fingerprint density at radius 3 is 2.94 bits per heavy atom. The second kappa shape index (κ2) is 4.34. The standard InChI is InChI=1S/C12H22N2O2/c1-9(13)11(16)14-5-4-12(8-14)3-2-10(6-12)7-15/h9-10,15H,2-8,13H2,1H3/t9-,10-,12+/m0/s1. The van der Waals surface area contributed by atoms with Crippen molar-refractivity contribution in [3.8, 4) is 0 Å². The first-order valence-corrected chi connectivity index (χ1v) is 6.21. The number of rotatable bonds is 2. The van der Waals surface area contributed by atoms with Gasteiger partial charge in [-0.3, -0.25) is 4.79 Å². The van der Waals surface area contributed by atoms with Gasteiger partial charge in [0.2, 0.25) is 5.91 Å². The van der Waals surface area contributed by atoms with E-state index in [2.05, 4.69) is 0 Å². The molecular weight excluding hydrogens is 204 g/mol. The van der Waals surface area contributed by atoms with Crippen LogP contribution in [-0.2, 0) is 4.79 Å². The maximum Gasteiger partial charge on any atom is 0.239 e. The van der Waals surface area contributed by atoms with E-state index in [4.69, 9.17) is 5.73 Å². The van der Waals surface area contributed by atoms with Gasteiger partial charge in [0.05, 0.1) is 6.04 Å². The fraction of sp³-hybridized carbons (Fsp3) is 0.917. The number of amides is 1. The molecule has 1 aliphatic carbocycles. The van der Waals surface area contributed by atoms with E-state index in [1.165, 1.54) is 0 Å². The molecule has 1 saturated heterocycles. The van der Waals surface area contributed by atoms with Gasteiger partial charge >= 0.3 is 0 Å². The number of hydrogen-bond donors (Lipinski definition) is 2. The lowest BCUT2D eigenvalue weighted by molar-refractivity contribution is -0.131. The van der Waals surface area contributed by atoms with Crippen molar-refractivity contribution in [1.82, 2.24) is 4.90 Å². The quantitative estimate of drug-likeness (QED) is 0.714. The van der Waals surface area contributed by atoms with Gasteiger partial charge in [-0.05, 0) is 43.9 Å². The molecule has 2 aliphatic rings. The highest BCUT2D eigenvalue weighted by Crippen LogP contribution is 2.47. The molecule has 92 valence electrons. The number of nitrogens with two attached hydrogens (primary N) is 1. The van der Waals surface area contributed by atoms with E-state index in [9.17, 15) is 9.90 Å². The predicted molar refractivity (Wildman–Crippen MR) is 61.7 cm³/mol. The molecule has 3 atom stereocenters. The van der Waals surface area contributed by atoms with Crippen LogP contribution in [0.5, 0.6) is 0 Å². The largest absolute Gasteiger partial charge is 0.396 e. The van der Waals surface area contributed by atoms with Crippen molar-refractivity contribution >= 4 is 5.91 Å². The first-order valence-electron chi connectivity index (χ1n) is 6.21. The minimum atomic E-state index is -0.384. The highest BCUT2D eigenvalue weighted by molar-refractivity contribution is 5.81. The normalized spacial score (nSPS) is 35.9. The third-order valence-corrected chi connectivity index (χ3v) is 4.20. The van der Waals surface area contributed by atoms with Crippen molar-refractivity contribution in [3.63, 3.8) is 0 Å². The first-order chi connectivity index (χ1) is 7.56. The average molecular weight is 226 g/mol. The maximum absolute atomic E-state index is 11.8. The van der Waals surface area contributed by atoms with Gasteiger partial charge in [-0.2, -0.15) is 0 Å². The summed E-state index contributed by atoms with van der Waals surface area (Å²) in [6.07, 6.45) is 4.42. The van der Waals surface area contributed by atoms with Gasteiger partial charge in [0, 0.05) is 19.7 Å². The molecule has 1 spiro atoms. The molecule has 3 N–H and O–H groups in total. The molecule has 16 heavy (non-hydrogen) atoms. The molecule has 4 heteroatoms. The Kier molecular flexibility index (Phi) is 3.22. The van der Waals surface area contributed by atoms with E-state index in [0.29, 0.717) is 12.5 Å². The summed E-state index contributed by atoms with van der Waals surface area (Å²) in [5.41, 5.74) is 5.91. The molecule has 1 amide bonds. The lowest BCUT2D eigenvalue weighted by atomic mass is 9.84. The summed E-state index contributed by atoms with van der Waals surface area (Å²) in [6.45, 7) is 3.74. The van der Waals surface area contributed by atoms with Gasteiger partial charge in [-0.25, -0.2) is 0 Å². The number of aliphatic hydroxyl groups excluding tert-OH is 1. The summed E-state index contributed by atoms with van der Waals surface area (Å²) in [5, 5.41) is 9.17. The lowest BCUT2D eigenvalue weighted by Crippen LogP contribution is -2.41. The second-order valence-corrected chi connectivity index (χ2v) is 5.59. The monoisotopic (exact) mass is 226 g/mol. The first kappa shape index (κ1) is 11.9. The van der Waals surface area contributed by atoms with Crippen LogP contribution >= 0.6 is 0 Å². The van der Waals surface area contributed by atoms with E-state index in [1.807, 2.05) is 4.90 Å². The number of likely N-dealkylation sites (tertiary alicyclic amines) is 1. The van der Waals surface area contributed by atoms with Crippen molar-refractivity contribution in [3.05, 3.63) is 0 Å². The van der Waals surface area contributed by atoms with E-state index in [0.717, 1.165) is 38.8 Å². The summed E-state index contributed by atoms with van der Waals surface area (Å²) < 4.78 is 0. The van der Waals surface area contributed by atoms with Gasteiger partial charge in [-0.15, -0.1) is 0 Å². The summed E-state index contributed by atoms with van der Waals surface area (Å²) in [4.78, 5) is 13.7. The molecule has 0 aromatic carbocycles. The molecule has 1 saturated carbocycles. The van der Waals surface area contributed by atoms with Crippen LogP contribution in [0, 0.1) is 11.3 Å². The zero-order chi connectivity index (χ0) is 11.8. The minimum absolute atomic E-state index is 0.0734. The molecule has 2 rings (SSSR count). The number of nitrogens with zero attached hydrogens (tertiary/aromatic N) is 1. The van der Waals surface area contributed by atoms with Crippen LogP contribution in [0.15, 0.2) is 0 Å². The van der Waals surface area contributed by atoms with Crippen LogP contribution in [0.4, 0.5) is 0 Å². The summed E-state index contributed by atoms with van der Waals surface area (Å²) in [6, 6.07) is -0.384. The molecule has 2 fully saturated rings. The Bertz CT molecular complexity index is 280. The van der Waals surface area contributed by atoms with Gasteiger partial charge in [0.15, 0.2) is 0 Å². The Labute approximate surface area is 96.8 Å². The zero-order valence-corrected chi connectivity index (χ0v) is 9.98. The van der Waals surface area contributed by atoms with Gasteiger partial charge < -0.3 is 15.7 Å². The molecule has 1 aliphatic heterocycles. The lowest BCUT2D eigenvalue weighted by Gasteiger charge is -2.25. The molecule has 0 unspecified atom stereocenters. The van der Waals surface area contributed by atoms with Crippen LogP contribution in [0.3, 0.4) is 0 Å². The van der Waals surface area contributed by atoms with E-state index in [1.54, 1.807) is 6.92 Å². The second-order valence-electron chi connectivity index (χ2n) is 5.59. The number of carbonyl (C=O) groups is 1. The minimum Gasteiger partial charge on any atom is -0.396 e. The van der Waals surface area contributed by atoms with Crippen LogP contribution < -0.4 is 5.73 Å². The van der Waals surface area contributed by atoms with Crippen molar-refractivity contribution < 1.29 is 9.90 Å². The number of hydrogen-bond acceptors (Lipinski definition) is 3. The fourth-order valence-corrected chi connectivity index (χ4v) is 3.26. The summed E-state index contributed by atoms with van der Waals surface area (Å²) in [7, 11) is 0. The smallest absolute Gasteiger partial charge is 0.239 e. The van der Waals surface area contributed by atoms with Crippen LogP contribution in [-0.4, -0.2) is 41.7 Å². The molecule has 0 bridgehead atoms. The Morgan fingerprint density at radius 2 is 2.38 bits per heavy atom. The third kappa shape index (κ3) is 2.09.